The number of nitrogens with zero attached hydrogens (tertiary/aromatic N) is 1. The maximum Gasteiger partial charge on any atom is 0.150 e. The highest BCUT2D eigenvalue weighted by atomic mass is 32.2. The number of hydrogen-bond donors (Lipinski definition) is 1. The predicted octanol–water partition coefficient (Wildman–Crippen LogP) is 1.54. The number of rotatable bonds is 9. The summed E-state index contributed by atoms with van der Waals surface area (Å²) in [6.45, 7) is 2.86. The summed E-state index contributed by atoms with van der Waals surface area (Å²) in [5.41, 5.74) is 0.998. The largest absolute Gasteiger partial charge is 0.492 e. The Labute approximate surface area is 120 Å². The molecule has 5 nitrogen and oxygen atoms in total. The van der Waals surface area contributed by atoms with Gasteiger partial charge in [0.1, 0.15) is 15.6 Å². The van der Waals surface area contributed by atoms with Crippen molar-refractivity contribution in [2.45, 2.75) is 38.8 Å². The molecule has 2 rings (SSSR count). The van der Waals surface area contributed by atoms with E-state index >= 15 is 0 Å². The third-order valence-corrected chi connectivity index (χ3v) is 5.05. The average Bonchev–Trinajstić information content (AvgIpc) is 3.27. The fraction of sp³-hybridized carbons (Fsp3) is 0.643. The Morgan fingerprint density at radius 1 is 1.40 bits per heavy atom. The smallest absolute Gasteiger partial charge is 0.150 e. The maximum atomic E-state index is 11.3. The van der Waals surface area contributed by atoms with E-state index in [2.05, 4.69) is 10.3 Å². The molecule has 0 aliphatic heterocycles. The van der Waals surface area contributed by atoms with Crippen molar-refractivity contribution < 1.29 is 13.2 Å². The van der Waals surface area contributed by atoms with Crippen LogP contribution in [0, 0.1) is 0 Å². The summed E-state index contributed by atoms with van der Waals surface area (Å²) < 4.78 is 28.1. The number of hydrogen-bond acceptors (Lipinski definition) is 5. The molecule has 0 amide bonds. The van der Waals surface area contributed by atoms with Gasteiger partial charge < -0.3 is 10.1 Å². The minimum atomic E-state index is -2.89. The predicted molar refractivity (Wildman–Crippen MR) is 78.5 cm³/mol. The molecule has 112 valence electrons. The molecule has 1 aliphatic rings. The van der Waals surface area contributed by atoms with Crippen LogP contribution in [0.2, 0.25) is 0 Å². The van der Waals surface area contributed by atoms with E-state index in [4.69, 9.17) is 4.74 Å². The molecule has 0 spiro atoms. The Balaban J connectivity index is 1.67. The molecule has 0 bridgehead atoms. The second kappa shape index (κ2) is 7.04. The number of pyridine rings is 1. The molecule has 1 aromatic rings. The van der Waals surface area contributed by atoms with Gasteiger partial charge in [-0.3, -0.25) is 4.98 Å². The van der Waals surface area contributed by atoms with Crippen LogP contribution >= 0.6 is 0 Å². The van der Waals surface area contributed by atoms with Crippen LogP contribution in [0.4, 0.5) is 0 Å². The molecule has 1 aromatic heterocycles. The van der Waals surface area contributed by atoms with Gasteiger partial charge in [-0.2, -0.15) is 0 Å². The van der Waals surface area contributed by atoms with Gasteiger partial charge in [0.2, 0.25) is 0 Å². The summed E-state index contributed by atoms with van der Waals surface area (Å²) in [4.78, 5) is 4.32. The van der Waals surface area contributed by atoms with Crippen LogP contribution < -0.4 is 10.1 Å². The average molecular weight is 298 g/mol. The van der Waals surface area contributed by atoms with Crippen molar-refractivity contribution in [3.05, 3.63) is 24.0 Å². The Kier molecular flexibility index (Phi) is 5.37. The van der Waals surface area contributed by atoms with Crippen LogP contribution in [-0.2, 0) is 16.4 Å². The summed E-state index contributed by atoms with van der Waals surface area (Å²) in [6, 6.07) is 4.49. The van der Waals surface area contributed by atoms with E-state index in [-0.39, 0.29) is 11.5 Å². The van der Waals surface area contributed by atoms with Crippen molar-refractivity contribution in [2.75, 3.05) is 18.1 Å². The number of nitrogens with one attached hydrogen (secondary N) is 1. The van der Waals surface area contributed by atoms with Crippen molar-refractivity contribution in [1.29, 1.82) is 0 Å². The molecule has 1 fully saturated rings. The molecular formula is C14H22N2O3S. The molecule has 1 heterocycles. The first-order valence-corrected chi connectivity index (χ1v) is 8.93. The van der Waals surface area contributed by atoms with Crippen molar-refractivity contribution in [2.24, 2.45) is 0 Å². The summed E-state index contributed by atoms with van der Waals surface area (Å²) >= 11 is 0. The van der Waals surface area contributed by atoms with Crippen molar-refractivity contribution >= 4 is 9.84 Å². The van der Waals surface area contributed by atoms with Gasteiger partial charge in [0.05, 0.1) is 24.3 Å². The first-order valence-electron chi connectivity index (χ1n) is 7.10. The van der Waals surface area contributed by atoms with Crippen LogP contribution in [0.15, 0.2) is 18.3 Å². The first kappa shape index (κ1) is 15.3. The number of sulfone groups is 1. The van der Waals surface area contributed by atoms with E-state index < -0.39 is 9.84 Å². The van der Waals surface area contributed by atoms with E-state index in [0.29, 0.717) is 24.8 Å². The lowest BCUT2D eigenvalue weighted by Gasteiger charge is -2.07. The summed E-state index contributed by atoms with van der Waals surface area (Å²) in [5.74, 6) is 1.06. The summed E-state index contributed by atoms with van der Waals surface area (Å²) in [6.07, 6.45) is 4.74. The molecule has 1 saturated carbocycles. The lowest BCUT2D eigenvalue weighted by Crippen LogP contribution is -2.16. The standard InChI is InChI=1S/C14H22N2O3S/c1-2-20(17,18)9-3-8-19-14-7-6-13(16-11-14)10-15-12-4-5-12/h6-7,11-12,15H,2-5,8-10H2,1H3. The van der Waals surface area contributed by atoms with E-state index in [1.165, 1.54) is 12.8 Å². The van der Waals surface area contributed by atoms with Crippen LogP contribution in [0.3, 0.4) is 0 Å². The molecule has 0 radical (unpaired) electrons. The zero-order chi connectivity index (χ0) is 14.4. The van der Waals surface area contributed by atoms with Crippen LogP contribution in [0.5, 0.6) is 5.75 Å². The number of ether oxygens (including phenoxy) is 1. The normalized spacial score (nSPS) is 15.2. The molecule has 20 heavy (non-hydrogen) atoms. The highest BCUT2D eigenvalue weighted by Crippen LogP contribution is 2.19. The molecule has 0 saturated heterocycles. The van der Waals surface area contributed by atoms with Crippen LogP contribution in [-0.4, -0.2) is 37.6 Å². The third kappa shape index (κ3) is 5.46. The molecule has 0 atom stereocenters. The Morgan fingerprint density at radius 2 is 2.20 bits per heavy atom. The monoisotopic (exact) mass is 298 g/mol. The highest BCUT2D eigenvalue weighted by Gasteiger charge is 2.20. The van der Waals surface area contributed by atoms with Gasteiger partial charge in [0, 0.05) is 18.3 Å². The molecule has 0 aromatic carbocycles. The van der Waals surface area contributed by atoms with Crippen LogP contribution in [0.1, 0.15) is 31.9 Å². The zero-order valence-electron chi connectivity index (χ0n) is 11.8. The molecular weight excluding hydrogens is 276 g/mol. The lowest BCUT2D eigenvalue weighted by atomic mass is 10.3. The topological polar surface area (TPSA) is 68.3 Å². The second-order valence-electron chi connectivity index (χ2n) is 5.08. The molecule has 0 unspecified atom stereocenters. The van der Waals surface area contributed by atoms with E-state index in [0.717, 1.165) is 12.2 Å². The minimum Gasteiger partial charge on any atom is -0.492 e. The highest BCUT2D eigenvalue weighted by molar-refractivity contribution is 7.91. The Morgan fingerprint density at radius 3 is 2.80 bits per heavy atom. The quantitative estimate of drug-likeness (QED) is 0.700. The zero-order valence-corrected chi connectivity index (χ0v) is 12.7. The van der Waals surface area contributed by atoms with E-state index in [1.807, 2.05) is 12.1 Å². The van der Waals surface area contributed by atoms with Crippen molar-refractivity contribution in [1.82, 2.24) is 10.3 Å². The molecule has 1 aliphatic carbocycles. The SMILES string of the molecule is CCS(=O)(=O)CCCOc1ccc(CNC2CC2)nc1. The van der Waals surface area contributed by atoms with E-state index in [1.54, 1.807) is 13.1 Å². The van der Waals surface area contributed by atoms with Gasteiger partial charge in [-0.1, -0.05) is 6.92 Å². The van der Waals surface area contributed by atoms with Crippen LogP contribution in [0.25, 0.3) is 0 Å². The molecule has 6 heteroatoms. The number of aromatic nitrogens is 1. The Bertz CT molecular complexity index is 510. The second-order valence-corrected chi connectivity index (χ2v) is 7.55. The Hall–Kier alpha value is -1.14. The van der Waals surface area contributed by atoms with Gasteiger partial charge in [-0.05, 0) is 31.4 Å². The molecule has 1 N–H and O–H groups in total. The van der Waals surface area contributed by atoms with Crippen molar-refractivity contribution in [3.63, 3.8) is 0 Å². The third-order valence-electron chi connectivity index (χ3n) is 3.26. The van der Waals surface area contributed by atoms with Gasteiger partial charge in [0.15, 0.2) is 0 Å². The summed E-state index contributed by atoms with van der Waals surface area (Å²) in [7, 11) is -2.89. The van der Waals surface area contributed by atoms with Crippen molar-refractivity contribution in [3.8, 4) is 5.75 Å². The fourth-order valence-corrected chi connectivity index (χ4v) is 2.60. The lowest BCUT2D eigenvalue weighted by molar-refractivity contribution is 0.316. The summed E-state index contributed by atoms with van der Waals surface area (Å²) in [5, 5.41) is 3.40. The fourth-order valence-electron chi connectivity index (χ4n) is 1.75. The minimum absolute atomic E-state index is 0.181. The maximum absolute atomic E-state index is 11.3. The van der Waals surface area contributed by atoms with Gasteiger partial charge in [-0.15, -0.1) is 0 Å². The first-order chi connectivity index (χ1) is 9.59. The van der Waals surface area contributed by atoms with Gasteiger partial charge >= 0.3 is 0 Å². The van der Waals surface area contributed by atoms with Gasteiger partial charge in [-0.25, -0.2) is 8.42 Å². The van der Waals surface area contributed by atoms with E-state index in [9.17, 15) is 8.42 Å². The van der Waals surface area contributed by atoms with Gasteiger partial charge in [0.25, 0.3) is 0 Å².